The third kappa shape index (κ3) is 7.77. The molecule has 0 radical (unpaired) electrons. The molecule has 0 bridgehead atoms. The Morgan fingerprint density at radius 1 is 0.439 bits per heavy atom. The molecular weight excluding hydrogens is 739 g/mol. The van der Waals surface area contributed by atoms with E-state index in [9.17, 15) is 10.2 Å². The number of hydrogen-bond donors (Lipinski definition) is 2. The lowest BCUT2D eigenvalue weighted by Crippen LogP contribution is -2.66. The second kappa shape index (κ2) is 16.3. The Hall–Kier alpha value is -5.19. The summed E-state index contributed by atoms with van der Waals surface area (Å²) in [5, 5.41) is 27.9. The third-order valence-electron chi connectivity index (χ3n) is 10.6. The van der Waals surface area contributed by atoms with Gasteiger partial charge in [0.25, 0.3) is 0 Å². The number of fused-ring (bicyclic) bond motifs is 7. The fourth-order valence-corrected chi connectivity index (χ4v) is 9.23. The molecule has 2 unspecified atom stereocenters. The minimum absolute atomic E-state index is 0.0605. The van der Waals surface area contributed by atoms with Gasteiger partial charge in [-0.3, -0.25) is 9.05 Å². The maximum Gasteiger partial charge on any atom is 0.473 e. The number of hydrogen-bond acceptors (Lipinski definition) is 9. The highest BCUT2D eigenvalue weighted by Gasteiger charge is 2.58. The van der Waals surface area contributed by atoms with Crippen molar-refractivity contribution in [3.8, 4) is 22.6 Å². The molecule has 7 aromatic carbocycles. The molecule has 0 spiro atoms. The highest BCUT2D eigenvalue weighted by Crippen LogP contribution is 2.62. The molecule has 57 heavy (non-hydrogen) atoms. The van der Waals surface area contributed by atoms with Gasteiger partial charge in [0, 0.05) is 11.1 Å². The van der Waals surface area contributed by atoms with Crippen molar-refractivity contribution in [1.29, 1.82) is 0 Å². The average molecular weight is 781 g/mol. The Morgan fingerprint density at radius 3 is 1.23 bits per heavy atom. The van der Waals surface area contributed by atoms with E-state index in [1.165, 1.54) is 0 Å². The summed E-state index contributed by atoms with van der Waals surface area (Å²) in [6.07, 6.45) is -7.94. The van der Waals surface area contributed by atoms with E-state index in [1.54, 1.807) is 12.1 Å². The van der Waals surface area contributed by atoms with E-state index >= 15 is 4.89 Å². The second-order valence-electron chi connectivity index (χ2n) is 14.3. The maximum atomic E-state index is 15.4. The molecule has 1 fully saturated rings. The fourth-order valence-electron chi connectivity index (χ4n) is 7.78. The molecule has 9 rings (SSSR count). The molecule has 1 saturated carbocycles. The van der Waals surface area contributed by atoms with Crippen LogP contribution in [-0.2, 0) is 38.6 Å². The smallest absolute Gasteiger partial charge is 0.473 e. The van der Waals surface area contributed by atoms with E-state index in [1.807, 2.05) is 152 Å². The SMILES string of the molecule is [O-][P+]1(OC2[C@H](OCc3ccccc3)[C@H](O)C(OCc3ccccc3)[C@H](O)[C@H]2OCc2ccccc2)Oc2ccc3ccccc3c2-c2c(ccc3ccccc23)O1. The summed E-state index contributed by atoms with van der Waals surface area (Å²) in [6, 6.07) is 51.5. The highest BCUT2D eigenvalue weighted by molar-refractivity contribution is 7.54. The van der Waals surface area contributed by atoms with Crippen molar-refractivity contribution < 1.29 is 42.9 Å². The molecule has 9 nitrogen and oxygen atoms in total. The standard InChI is InChI=1S/C47H41O9P/c48-42-44(51-28-31-14-4-1-5-15-31)43(49)46(53-30-33-18-8-3-9-19-33)47(45(42)52-29-32-16-6-2-7-17-32)56-57(50)54-38-26-24-34-20-10-12-22-36(34)40(38)41-37-23-13-11-21-35(37)25-27-39(41)55-57/h1-27,42-49H,28-30H2/t42-,43+,44?,45-,46-,47?/m1/s1. The number of phosphoric ester groups is 1. The Labute approximate surface area is 331 Å². The topological polar surface area (TPSA) is 119 Å². The van der Waals surface area contributed by atoms with Crippen LogP contribution in [0.15, 0.2) is 164 Å². The van der Waals surface area contributed by atoms with E-state index in [0.717, 1.165) is 38.2 Å². The molecule has 1 aliphatic carbocycles. The number of aliphatic hydroxyl groups is 2. The van der Waals surface area contributed by atoms with Gasteiger partial charge < -0.3 is 29.3 Å². The Balaban J connectivity index is 1.13. The third-order valence-corrected chi connectivity index (χ3v) is 11.9. The molecule has 0 saturated heterocycles. The zero-order valence-electron chi connectivity index (χ0n) is 30.9. The van der Waals surface area contributed by atoms with Crippen molar-refractivity contribution in [2.24, 2.45) is 0 Å². The summed E-state index contributed by atoms with van der Waals surface area (Å²) in [5.41, 5.74) is 3.91. The number of ether oxygens (including phenoxy) is 3. The Morgan fingerprint density at radius 2 is 0.807 bits per heavy atom. The molecule has 10 heteroatoms. The molecule has 1 aliphatic heterocycles. The maximum absolute atomic E-state index is 15.4. The first-order chi connectivity index (χ1) is 27.9. The summed E-state index contributed by atoms with van der Waals surface area (Å²) in [5.74, 6) is 0.577. The van der Waals surface area contributed by atoms with Crippen molar-refractivity contribution in [1.82, 2.24) is 0 Å². The van der Waals surface area contributed by atoms with Crippen LogP contribution in [0.3, 0.4) is 0 Å². The van der Waals surface area contributed by atoms with Gasteiger partial charge in [0.1, 0.15) is 30.5 Å². The summed E-state index contributed by atoms with van der Waals surface area (Å²) in [4.78, 5) is 15.4. The van der Waals surface area contributed by atoms with Crippen LogP contribution in [-0.4, -0.2) is 46.8 Å². The van der Waals surface area contributed by atoms with Crippen molar-refractivity contribution >= 4 is 29.7 Å². The first-order valence-electron chi connectivity index (χ1n) is 19.0. The first-order valence-corrected chi connectivity index (χ1v) is 20.4. The minimum atomic E-state index is -4.67. The van der Waals surface area contributed by atoms with Crippen LogP contribution in [0.25, 0.3) is 32.7 Å². The van der Waals surface area contributed by atoms with Gasteiger partial charge in [-0.15, -0.1) is 0 Å². The molecular formula is C47H41O9P. The summed E-state index contributed by atoms with van der Waals surface area (Å²) in [6.45, 7) is 0.220. The molecule has 2 aliphatic rings. The van der Waals surface area contributed by atoms with Crippen LogP contribution in [0.1, 0.15) is 16.7 Å². The molecule has 1 heterocycles. The second-order valence-corrected chi connectivity index (χ2v) is 15.8. The Bertz CT molecular complexity index is 2300. The van der Waals surface area contributed by atoms with Crippen molar-refractivity contribution in [2.75, 3.05) is 0 Å². The van der Waals surface area contributed by atoms with Gasteiger partial charge in [0.2, 0.25) is 0 Å². The number of rotatable bonds is 11. The number of benzene rings is 7. The van der Waals surface area contributed by atoms with Gasteiger partial charge in [0.15, 0.2) is 17.6 Å². The zero-order valence-corrected chi connectivity index (χ0v) is 31.8. The van der Waals surface area contributed by atoms with Crippen LogP contribution >= 0.6 is 8.17 Å². The molecule has 288 valence electrons. The molecule has 0 aromatic heterocycles. The Kier molecular flexibility index (Phi) is 10.7. The van der Waals surface area contributed by atoms with Gasteiger partial charge in [0.05, 0.1) is 19.8 Å². The number of aliphatic hydroxyl groups excluding tert-OH is 2. The van der Waals surface area contributed by atoms with E-state index in [-0.39, 0.29) is 31.3 Å². The lowest BCUT2D eigenvalue weighted by molar-refractivity contribution is -0.282. The van der Waals surface area contributed by atoms with E-state index in [0.29, 0.717) is 11.1 Å². The van der Waals surface area contributed by atoms with E-state index in [4.69, 9.17) is 27.8 Å². The molecule has 7 aromatic rings. The molecule has 6 atom stereocenters. The van der Waals surface area contributed by atoms with Crippen LogP contribution in [0, 0.1) is 0 Å². The van der Waals surface area contributed by atoms with Crippen molar-refractivity contribution in [3.05, 3.63) is 180 Å². The van der Waals surface area contributed by atoms with Crippen LogP contribution in [0.5, 0.6) is 11.5 Å². The van der Waals surface area contributed by atoms with Crippen LogP contribution < -0.4 is 13.9 Å². The monoisotopic (exact) mass is 780 g/mol. The lowest BCUT2D eigenvalue weighted by Gasteiger charge is -2.46. The van der Waals surface area contributed by atoms with E-state index < -0.39 is 44.8 Å². The van der Waals surface area contributed by atoms with Gasteiger partial charge in [-0.2, -0.15) is 4.52 Å². The minimum Gasteiger partial charge on any atom is -0.591 e. The number of phosphoric acid groups is 1. The quantitative estimate of drug-likeness (QED) is 0.125. The van der Waals surface area contributed by atoms with Crippen LogP contribution in [0.2, 0.25) is 0 Å². The highest BCUT2D eigenvalue weighted by atomic mass is 31.2. The lowest BCUT2D eigenvalue weighted by atomic mass is 9.84. The summed E-state index contributed by atoms with van der Waals surface area (Å²) in [7, 11) is -4.67. The normalized spacial score (nSPS) is 22.5. The molecule has 2 N–H and O–H groups in total. The van der Waals surface area contributed by atoms with Crippen molar-refractivity contribution in [3.63, 3.8) is 0 Å². The van der Waals surface area contributed by atoms with Gasteiger partial charge in [-0.25, -0.2) is 0 Å². The predicted molar refractivity (Wildman–Crippen MR) is 217 cm³/mol. The van der Waals surface area contributed by atoms with Crippen molar-refractivity contribution in [2.45, 2.75) is 56.4 Å². The fraction of sp³-hybridized carbons (Fsp3) is 0.191. The zero-order chi connectivity index (χ0) is 38.8. The van der Waals surface area contributed by atoms with Crippen LogP contribution in [0.4, 0.5) is 0 Å². The van der Waals surface area contributed by atoms with Gasteiger partial charge in [-0.1, -0.05) is 152 Å². The first kappa shape index (κ1) is 37.4. The largest absolute Gasteiger partial charge is 0.591 e. The van der Waals surface area contributed by atoms with Gasteiger partial charge >= 0.3 is 8.17 Å². The molecule has 0 amide bonds. The predicted octanol–water partition coefficient (Wildman–Crippen LogP) is 8.35. The summed E-state index contributed by atoms with van der Waals surface area (Å²) >= 11 is 0. The van der Waals surface area contributed by atoms with Gasteiger partial charge in [-0.05, 0) is 50.4 Å². The average Bonchev–Trinajstić information content (AvgIpc) is 3.38. The summed E-state index contributed by atoms with van der Waals surface area (Å²) < 4.78 is 38.7. The van der Waals surface area contributed by atoms with E-state index in [2.05, 4.69) is 0 Å².